The normalized spacial score (nSPS) is 10.9. The summed E-state index contributed by atoms with van der Waals surface area (Å²) in [5.41, 5.74) is 3.96. The Labute approximate surface area is 158 Å². The molecule has 2 heterocycles. The van der Waals surface area contributed by atoms with Gasteiger partial charge in [0.05, 0.1) is 11.1 Å². The number of hydrogen-bond donors (Lipinski definition) is 0. The molecule has 2 aromatic heterocycles. The second kappa shape index (κ2) is 7.50. The number of aromatic nitrogens is 3. The van der Waals surface area contributed by atoms with E-state index in [4.69, 9.17) is 9.47 Å². The van der Waals surface area contributed by atoms with Crippen LogP contribution in [-0.2, 0) is 7.05 Å². The molecular weight excluding hydrogens is 338 g/mol. The van der Waals surface area contributed by atoms with Crippen LogP contribution in [0.4, 0.5) is 0 Å². The van der Waals surface area contributed by atoms with E-state index in [0.717, 1.165) is 33.6 Å². The van der Waals surface area contributed by atoms with Crippen molar-refractivity contribution in [1.82, 2.24) is 14.8 Å². The van der Waals surface area contributed by atoms with Gasteiger partial charge in [-0.3, -0.25) is 4.68 Å². The van der Waals surface area contributed by atoms with Gasteiger partial charge in [0.15, 0.2) is 5.65 Å². The van der Waals surface area contributed by atoms with Crippen molar-refractivity contribution in [3.05, 3.63) is 72.4 Å². The highest BCUT2D eigenvalue weighted by Gasteiger charge is 2.15. The molecule has 5 nitrogen and oxygen atoms in total. The third-order valence-corrected chi connectivity index (χ3v) is 4.38. The molecule has 0 N–H and O–H groups in total. The summed E-state index contributed by atoms with van der Waals surface area (Å²) < 4.78 is 13.4. The fourth-order valence-electron chi connectivity index (χ4n) is 3.16. The molecule has 27 heavy (non-hydrogen) atoms. The van der Waals surface area contributed by atoms with Gasteiger partial charge in [0, 0.05) is 13.1 Å². The van der Waals surface area contributed by atoms with Crippen molar-refractivity contribution in [2.45, 2.75) is 6.92 Å². The van der Waals surface area contributed by atoms with Gasteiger partial charge >= 0.3 is 0 Å². The van der Waals surface area contributed by atoms with Gasteiger partial charge in [0.2, 0.25) is 5.88 Å². The van der Waals surface area contributed by atoms with E-state index >= 15 is 0 Å². The van der Waals surface area contributed by atoms with E-state index in [9.17, 15) is 0 Å². The summed E-state index contributed by atoms with van der Waals surface area (Å²) in [4.78, 5) is 4.65. The Balaban J connectivity index is 1.59. The fourth-order valence-corrected chi connectivity index (χ4v) is 3.16. The van der Waals surface area contributed by atoms with Crippen LogP contribution in [0.1, 0.15) is 5.69 Å². The van der Waals surface area contributed by atoms with Gasteiger partial charge in [-0.05, 0) is 30.2 Å². The number of para-hydroxylation sites is 1. The number of rotatable bonds is 6. The molecule has 4 aromatic rings. The minimum Gasteiger partial charge on any atom is -0.490 e. The second-order valence-corrected chi connectivity index (χ2v) is 6.29. The molecule has 5 heteroatoms. The highest BCUT2D eigenvalue weighted by molar-refractivity contribution is 5.95. The Bertz CT molecular complexity index is 1040. The van der Waals surface area contributed by atoms with Crippen molar-refractivity contribution in [3.63, 3.8) is 0 Å². The average Bonchev–Trinajstić information content (AvgIpc) is 3.00. The van der Waals surface area contributed by atoms with Gasteiger partial charge in [-0.25, -0.2) is 0 Å². The fraction of sp³-hybridized carbons (Fsp3) is 0.182. The molecule has 0 aliphatic heterocycles. The van der Waals surface area contributed by atoms with Crippen LogP contribution in [0.25, 0.3) is 22.2 Å². The van der Waals surface area contributed by atoms with Gasteiger partial charge in [0.25, 0.3) is 0 Å². The van der Waals surface area contributed by atoms with Crippen LogP contribution in [0.15, 0.2) is 66.7 Å². The van der Waals surface area contributed by atoms with Crippen LogP contribution >= 0.6 is 0 Å². The van der Waals surface area contributed by atoms with Crippen molar-refractivity contribution >= 4 is 11.0 Å². The maximum atomic E-state index is 5.89. The predicted molar refractivity (Wildman–Crippen MR) is 106 cm³/mol. The molecule has 0 unspecified atom stereocenters. The number of hydrogen-bond acceptors (Lipinski definition) is 4. The minimum absolute atomic E-state index is 0.415. The lowest BCUT2D eigenvalue weighted by Crippen LogP contribution is -2.10. The van der Waals surface area contributed by atoms with Crippen molar-refractivity contribution < 1.29 is 9.47 Å². The van der Waals surface area contributed by atoms with Crippen molar-refractivity contribution in [2.75, 3.05) is 13.2 Å². The molecule has 2 aromatic carbocycles. The summed E-state index contributed by atoms with van der Waals surface area (Å²) in [6, 6.07) is 21.9. The summed E-state index contributed by atoms with van der Waals surface area (Å²) in [7, 11) is 1.90. The van der Waals surface area contributed by atoms with Crippen LogP contribution in [0.2, 0.25) is 0 Å². The topological polar surface area (TPSA) is 49.2 Å². The first kappa shape index (κ1) is 17.1. The lowest BCUT2D eigenvalue weighted by molar-refractivity contribution is 0.212. The van der Waals surface area contributed by atoms with Crippen LogP contribution in [0, 0.1) is 6.92 Å². The lowest BCUT2D eigenvalue weighted by Gasteiger charge is -2.10. The molecule has 0 aliphatic rings. The smallest absolute Gasteiger partial charge is 0.216 e. The first-order valence-corrected chi connectivity index (χ1v) is 8.93. The SMILES string of the molecule is Cc1nn(C)c2nc(OCCOc3ccccc3)cc(-c3ccccc3)c12. The Kier molecular flexibility index (Phi) is 4.75. The van der Waals surface area contributed by atoms with Gasteiger partial charge in [-0.2, -0.15) is 10.1 Å². The van der Waals surface area contributed by atoms with Crippen LogP contribution in [0.3, 0.4) is 0 Å². The third-order valence-electron chi connectivity index (χ3n) is 4.38. The molecule has 0 radical (unpaired) electrons. The molecule has 0 bridgehead atoms. The molecule has 0 aliphatic carbocycles. The van der Waals surface area contributed by atoms with Crippen molar-refractivity contribution in [3.8, 4) is 22.8 Å². The molecule has 0 fully saturated rings. The zero-order valence-corrected chi connectivity index (χ0v) is 15.4. The number of pyridine rings is 1. The van der Waals surface area contributed by atoms with E-state index in [1.54, 1.807) is 4.68 Å². The average molecular weight is 359 g/mol. The molecule has 0 spiro atoms. The number of aryl methyl sites for hydroxylation is 2. The molecule has 0 atom stereocenters. The molecule has 0 saturated carbocycles. The number of ether oxygens (including phenoxy) is 2. The number of benzene rings is 2. The first-order chi connectivity index (χ1) is 13.2. The Morgan fingerprint density at radius 2 is 1.56 bits per heavy atom. The monoisotopic (exact) mass is 359 g/mol. The quantitative estimate of drug-likeness (QED) is 0.479. The van der Waals surface area contributed by atoms with E-state index in [-0.39, 0.29) is 0 Å². The zero-order valence-electron chi connectivity index (χ0n) is 15.4. The van der Waals surface area contributed by atoms with Crippen molar-refractivity contribution in [1.29, 1.82) is 0 Å². The van der Waals surface area contributed by atoms with Crippen LogP contribution < -0.4 is 9.47 Å². The van der Waals surface area contributed by atoms with Gasteiger partial charge < -0.3 is 9.47 Å². The standard InChI is InChI=1S/C22H21N3O2/c1-16-21-19(17-9-5-3-6-10-17)15-20(23-22(21)25(2)24-16)27-14-13-26-18-11-7-4-8-12-18/h3-12,15H,13-14H2,1-2H3. The van der Waals surface area contributed by atoms with Gasteiger partial charge in [-0.15, -0.1) is 0 Å². The van der Waals surface area contributed by atoms with E-state index in [0.29, 0.717) is 19.1 Å². The highest BCUT2D eigenvalue weighted by Crippen LogP contribution is 2.32. The molecule has 0 amide bonds. The molecule has 4 rings (SSSR count). The van der Waals surface area contributed by atoms with E-state index in [1.807, 2.05) is 68.6 Å². The molecular formula is C22H21N3O2. The Hall–Kier alpha value is -3.34. The predicted octanol–water partition coefficient (Wildman–Crippen LogP) is 4.40. The van der Waals surface area contributed by atoms with Crippen LogP contribution in [0.5, 0.6) is 11.6 Å². The highest BCUT2D eigenvalue weighted by atomic mass is 16.5. The van der Waals surface area contributed by atoms with E-state index in [2.05, 4.69) is 22.2 Å². The maximum absolute atomic E-state index is 5.89. The van der Waals surface area contributed by atoms with Crippen molar-refractivity contribution in [2.24, 2.45) is 7.05 Å². The van der Waals surface area contributed by atoms with Gasteiger partial charge in [-0.1, -0.05) is 48.5 Å². The minimum atomic E-state index is 0.415. The maximum Gasteiger partial charge on any atom is 0.216 e. The zero-order chi connectivity index (χ0) is 18.6. The molecule has 0 saturated heterocycles. The van der Waals surface area contributed by atoms with E-state index < -0.39 is 0 Å². The molecule has 136 valence electrons. The third kappa shape index (κ3) is 3.62. The number of nitrogens with zero attached hydrogens (tertiary/aromatic N) is 3. The van der Waals surface area contributed by atoms with E-state index in [1.165, 1.54) is 0 Å². The summed E-state index contributed by atoms with van der Waals surface area (Å²) in [5.74, 6) is 1.40. The summed E-state index contributed by atoms with van der Waals surface area (Å²) in [6.07, 6.45) is 0. The first-order valence-electron chi connectivity index (χ1n) is 8.93. The summed E-state index contributed by atoms with van der Waals surface area (Å²) in [6.45, 7) is 2.87. The second-order valence-electron chi connectivity index (χ2n) is 6.29. The number of fused-ring (bicyclic) bond motifs is 1. The largest absolute Gasteiger partial charge is 0.490 e. The Morgan fingerprint density at radius 1 is 0.889 bits per heavy atom. The summed E-state index contributed by atoms with van der Waals surface area (Å²) >= 11 is 0. The Morgan fingerprint density at radius 3 is 2.30 bits per heavy atom. The summed E-state index contributed by atoms with van der Waals surface area (Å²) in [5, 5.41) is 5.58. The van der Waals surface area contributed by atoms with Gasteiger partial charge in [0.1, 0.15) is 19.0 Å². The van der Waals surface area contributed by atoms with Crippen LogP contribution in [-0.4, -0.2) is 28.0 Å². The lowest BCUT2D eigenvalue weighted by atomic mass is 10.0.